The number of benzene rings is 2. The van der Waals surface area contributed by atoms with Gasteiger partial charge in [-0.1, -0.05) is 36.4 Å². The minimum absolute atomic E-state index is 0.0550. The van der Waals surface area contributed by atoms with Crippen LogP contribution in [0.1, 0.15) is 12.5 Å². The highest BCUT2D eigenvalue weighted by molar-refractivity contribution is 5.90. The van der Waals surface area contributed by atoms with E-state index in [4.69, 9.17) is 9.15 Å². The molecule has 4 aromatic rings. The first kappa shape index (κ1) is 17.1. The first-order valence-corrected chi connectivity index (χ1v) is 8.86. The third-order valence-electron chi connectivity index (χ3n) is 4.57. The molecule has 0 atom stereocenters. The van der Waals surface area contributed by atoms with E-state index >= 15 is 0 Å². The lowest BCUT2D eigenvalue weighted by molar-refractivity contribution is -0.118. The van der Waals surface area contributed by atoms with Crippen LogP contribution in [-0.4, -0.2) is 24.5 Å². The Morgan fingerprint density at radius 1 is 1.11 bits per heavy atom. The van der Waals surface area contributed by atoms with Crippen LogP contribution < -0.4 is 10.1 Å². The van der Waals surface area contributed by atoms with Crippen LogP contribution in [0.3, 0.4) is 0 Å². The Morgan fingerprint density at radius 3 is 2.70 bits per heavy atom. The lowest BCUT2D eigenvalue weighted by Crippen LogP contribution is -2.22. The maximum Gasteiger partial charge on any atom is 0.216 e. The number of hydrogen-bond acceptors (Lipinski definition) is 4. The van der Waals surface area contributed by atoms with Gasteiger partial charge >= 0.3 is 0 Å². The van der Waals surface area contributed by atoms with E-state index in [0.29, 0.717) is 24.4 Å². The van der Waals surface area contributed by atoms with E-state index < -0.39 is 0 Å². The molecule has 0 aliphatic rings. The van der Waals surface area contributed by atoms with Crippen LogP contribution in [0.15, 0.2) is 59.0 Å². The summed E-state index contributed by atoms with van der Waals surface area (Å²) in [5.41, 5.74) is 3.43. The Balaban J connectivity index is 1.85. The van der Waals surface area contributed by atoms with Crippen molar-refractivity contribution in [2.45, 2.75) is 13.3 Å². The van der Waals surface area contributed by atoms with Crippen molar-refractivity contribution in [1.29, 1.82) is 0 Å². The highest BCUT2D eigenvalue weighted by Gasteiger charge is 2.18. The third-order valence-corrected chi connectivity index (χ3v) is 4.57. The summed E-state index contributed by atoms with van der Waals surface area (Å²) in [6.07, 6.45) is 0.620. The molecule has 1 N–H and O–H groups in total. The Hall–Kier alpha value is -3.34. The Bertz CT molecular complexity index is 1130. The lowest BCUT2D eigenvalue weighted by Gasteiger charge is -2.06. The molecule has 0 aliphatic carbocycles. The molecule has 0 fully saturated rings. The third kappa shape index (κ3) is 3.36. The van der Waals surface area contributed by atoms with Gasteiger partial charge in [0.2, 0.25) is 11.8 Å². The van der Waals surface area contributed by atoms with Crippen molar-refractivity contribution in [1.82, 2.24) is 10.3 Å². The number of hydrogen-bond donors (Lipinski definition) is 1. The monoisotopic (exact) mass is 360 g/mol. The van der Waals surface area contributed by atoms with Gasteiger partial charge in [0.1, 0.15) is 11.3 Å². The molecule has 2 aromatic heterocycles. The quantitative estimate of drug-likeness (QED) is 0.575. The van der Waals surface area contributed by atoms with Gasteiger partial charge in [-0.3, -0.25) is 4.79 Å². The van der Waals surface area contributed by atoms with E-state index in [2.05, 4.69) is 40.6 Å². The molecule has 2 heterocycles. The molecule has 27 heavy (non-hydrogen) atoms. The fourth-order valence-electron chi connectivity index (χ4n) is 3.28. The van der Waals surface area contributed by atoms with Gasteiger partial charge in [0.15, 0.2) is 5.58 Å². The van der Waals surface area contributed by atoms with Crippen molar-refractivity contribution in [2.24, 2.45) is 0 Å². The van der Waals surface area contributed by atoms with Crippen molar-refractivity contribution in [3.8, 4) is 17.2 Å². The topological polar surface area (TPSA) is 64.4 Å². The molecule has 1 amide bonds. The molecule has 0 aliphatic heterocycles. The van der Waals surface area contributed by atoms with Gasteiger partial charge in [0.25, 0.3) is 0 Å². The molecular weight excluding hydrogens is 340 g/mol. The normalized spacial score (nSPS) is 11.0. The van der Waals surface area contributed by atoms with E-state index in [0.717, 1.165) is 27.8 Å². The van der Waals surface area contributed by atoms with Gasteiger partial charge in [0, 0.05) is 30.7 Å². The Kier molecular flexibility index (Phi) is 4.50. The number of carbonyl (C=O) groups is 1. The molecule has 2 aromatic carbocycles. The van der Waals surface area contributed by atoms with E-state index in [1.165, 1.54) is 12.3 Å². The van der Waals surface area contributed by atoms with Gasteiger partial charge in [0.05, 0.1) is 7.11 Å². The summed E-state index contributed by atoms with van der Waals surface area (Å²) in [6.45, 7) is 2.03. The minimum Gasteiger partial charge on any atom is -0.481 e. The number of rotatable bonds is 5. The second-order valence-electron chi connectivity index (χ2n) is 6.40. The van der Waals surface area contributed by atoms with E-state index in [9.17, 15) is 4.79 Å². The van der Waals surface area contributed by atoms with Crippen molar-refractivity contribution in [3.63, 3.8) is 0 Å². The molecule has 0 saturated carbocycles. The number of pyridine rings is 1. The zero-order valence-electron chi connectivity index (χ0n) is 15.3. The first-order valence-electron chi connectivity index (χ1n) is 8.86. The smallest absolute Gasteiger partial charge is 0.216 e. The molecular formula is C22H20N2O3. The highest BCUT2D eigenvalue weighted by Crippen LogP contribution is 2.35. The van der Waals surface area contributed by atoms with E-state index in [1.54, 1.807) is 13.2 Å². The largest absolute Gasteiger partial charge is 0.481 e. The van der Waals surface area contributed by atoms with Gasteiger partial charge in [-0.05, 0) is 29.3 Å². The number of nitrogens with one attached hydrogen (secondary N) is 1. The van der Waals surface area contributed by atoms with Crippen molar-refractivity contribution in [2.75, 3.05) is 13.7 Å². The average Bonchev–Trinajstić information content (AvgIpc) is 3.05. The molecule has 0 unspecified atom stereocenters. The SMILES string of the molecule is COc1ccc2oc(-c3ccc4ccccc4c3)c(CCNC(C)=O)c2n1. The predicted molar refractivity (Wildman–Crippen MR) is 106 cm³/mol. The Labute approximate surface area is 157 Å². The van der Waals surface area contributed by atoms with Gasteiger partial charge in [-0.15, -0.1) is 0 Å². The van der Waals surface area contributed by atoms with Crippen LogP contribution >= 0.6 is 0 Å². The minimum atomic E-state index is -0.0550. The number of nitrogens with zero attached hydrogens (tertiary/aromatic N) is 1. The lowest BCUT2D eigenvalue weighted by atomic mass is 10.0. The standard InChI is InChI=1S/C22H20N2O3/c1-14(25)23-12-11-18-21-19(9-10-20(24-21)26-2)27-22(18)17-8-7-15-5-3-4-6-16(15)13-17/h3-10,13H,11-12H2,1-2H3,(H,23,25). The number of fused-ring (bicyclic) bond motifs is 2. The second-order valence-corrected chi connectivity index (χ2v) is 6.40. The van der Waals surface area contributed by atoms with E-state index in [-0.39, 0.29) is 5.91 Å². The predicted octanol–water partition coefficient (Wildman–Crippen LogP) is 4.34. The number of carbonyl (C=O) groups excluding carboxylic acids is 1. The first-order chi connectivity index (χ1) is 13.2. The van der Waals surface area contributed by atoms with Crippen molar-refractivity contribution < 1.29 is 13.9 Å². The number of methoxy groups -OCH3 is 1. The zero-order chi connectivity index (χ0) is 18.8. The molecule has 5 nitrogen and oxygen atoms in total. The van der Waals surface area contributed by atoms with Gasteiger partial charge in [-0.25, -0.2) is 4.98 Å². The summed E-state index contributed by atoms with van der Waals surface area (Å²) in [6, 6.07) is 18.1. The number of aromatic nitrogens is 1. The number of furan rings is 1. The highest BCUT2D eigenvalue weighted by atomic mass is 16.5. The molecule has 0 saturated heterocycles. The Morgan fingerprint density at radius 2 is 1.93 bits per heavy atom. The molecule has 5 heteroatoms. The maximum atomic E-state index is 11.3. The fraction of sp³-hybridized carbons (Fsp3) is 0.182. The molecule has 0 bridgehead atoms. The van der Waals surface area contributed by atoms with Crippen molar-refractivity contribution >= 4 is 27.8 Å². The maximum absolute atomic E-state index is 11.3. The number of amides is 1. The van der Waals surface area contributed by atoms with Crippen LogP contribution in [0.4, 0.5) is 0 Å². The van der Waals surface area contributed by atoms with Crippen LogP contribution in [0.5, 0.6) is 5.88 Å². The molecule has 136 valence electrons. The molecule has 4 rings (SSSR count). The second kappa shape index (κ2) is 7.11. The van der Waals surface area contributed by atoms with Gasteiger partial charge < -0.3 is 14.5 Å². The molecule has 0 spiro atoms. The summed E-state index contributed by atoms with van der Waals surface area (Å²) in [7, 11) is 1.59. The van der Waals surface area contributed by atoms with Crippen LogP contribution in [0.25, 0.3) is 33.2 Å². The van der Waals surface area contributed by atoms with E-state index in [1.807, 2.05) is 18.2 Å². The zero-order valence-corrected chi connectivity index (χ0v) is 15.3. The summed E-state index contributed by atoms with van der Waals surface area (Å²) in [5.74, 6) is 1.26. The summed E-state index contributed by atoms with van der Waals surface area (Å²) in [5, 5.41) is 5.17. The average molecular weight is 360 g/mol. The van der Waals surface area contributed by atoms with Crippen LogP contribution in [0.2, 0.25) is 0 Å². The number of ether oxygens (including phenoxy) is 1. The summed E-state index contributed by atoms with van der Waals surface area (Å²) < 4.78 is 11.4. The van der Waals surface area contributed by atoms with Crippen LogP contribution in [0, 0.1) is 0 Å². The fourth-order valence-corrected chi connectivity index (χ4v) is 3.28. The van der Waals surface area contributed by atoms with Crippen LogP contribution in [-0.2, 0) is 11.2 Å². The van der Waals surface area contributed by atoms with Gasteiger partial charge in [-0.2, -0.15) is 0 Å². The summed E-state index contributed by atoms with van der Waals surface area (Å²) in [4.78, 5) is 15.8. The molecule has 0 radical (unpaired) electrons. The van der Waals surface area contributed by atoms with Crippen molar-refractivity contribution in [3.05, 3.63) is 60.2 Å². The summed E-state index contributed by atoms with van der Waals surface area (Å²) >= 11 is 0.